The average Bonchev–Trinajstić information content (AvgIpc) is 2.74. The number of carbonyl (C=O) groups is 1. The van der Waals surface area contributed by atoms with Gasteiger partial charge in [-0.15, -0.1) is 0 Å². The van der Waals surface area contributed by atoms with Crippen LogP contribution >= 0.6 is 0 Å². The van der Waals surface area contributed by atoms with E-state index >= 15 is 0 Å². The largest absolute Gasteiger partial charge is 0.506 e. The molecular formula is C14H19BN2O3. The van der Waals surface area contributed by atoms with Gasteiger partial charge >= 0.3 is 7.12 Å². The van der Waals surface area contributed by atoms with Crippen molar-refractivity contribution in [1.82, 2.24) is 9.47 Å². The van der Waals surface area contributed by atoms with E-state index in [-0.39, 0.29) is 11.5 Å². The Kier molecular flexibility index (Phi) is 4.16. The van der Waals surface area contributed by atoms with Crippen LogP contribution in [0.2, 0.25) is 0 Å². The summed E-state index contributed by atoms with van der Waals surface area (Å²) in [4.78, 5) is 14.3. The van der Waals surface area contributed by atoms with E-state index in [1.54, 1.807) is 16.5 Å². The van der Waals surface area contributed by atoms with Crippen molar-refractivity contribution in [3.63, 3.8) is 0 Å². The number of nitrogens with zero attached hydrogens (tertiary/aromatic N) is 2. The summed E-state index contributed by atoms with van der Waals surface area (Å²) in [5.41, 5.74) is 1.43. The summed E-state index contributed by atoms with van der Waals surface area (Å²) in [5, 5.41) is 20.0. The van der Waals surface area contributed by atoms with E-state index in [0.717, 1.165) is 10.9 Å². The Morgan fingerprint density at radius 2 is 1.85 bits per heavy atom. The topological polar surface area (TPSA) is 65.7 Å². The van der Waals surface area contributed by atoms with Crippen LogP contribution in [-0.4, -0.2) is 45.6 Å². The number of fused-ring (bicyclic) bond motifs is 1. The zero-order valence-electron chi connectivity index (χ0n) is 12.0. The first-order valence-corrected chi connectivity index (χ1v) is 6.75. The average molecular weight is 274 g/mol. The highest BCUT2D eigenvalue weighted by Gasteiger charge is 2.29. The van der Waals surface area contributed by atoms with Crippen LogP contribution in [0.25, 0.3) is 10.9 Å². The van der Waals surface area contributed by atoms with Crippen LogP contribution in [-0.2, 0) is 7.05 Å². The Bertz CT molecular complexity index is 633. The van der Waals surface area contributed by atoms with Gasteiger partial charge in [0.05, 0.1) is 11.2 Å². The maximum atomic E-state index is 12.6. The predicted molar refractivity (Wildman–Crippen MR) is 80.0 cm³/mol. The third kappa shape index (κ3) is 2.21. The van der Waals surface area contributed by atoms with E-state index in [1.807, 2.05) is 38.1 Å². The SMILES string of the molecule is CCN(CC)C(=O)c1c(B(O)O)n(C)c2ccccc12. The first-order valence-electron chi connectivity index (χ1n) is 6.75. The molecule has 2 N–H and O–H groups in total. The van der Waals surface area contributed by atoms with Gasteiger partial charge in [-0.2, -0.15) is 0 Å². The maximum absolute atomic E-state index is 12.6. The van der Waals surface area contributed by atoms with Crippen LogP contribution < -0.4 is 5.59 Å². The number of amides is 1. The lowest BCUT2D eigenvalue weighted by molar-refractivity contribution is 0.0775. The molecule has 0 radical (unpaired) electrons. The van der Waals surface area contributed by atoms with Gasteiger partial charge in [0.25, 0.3) is 5.91 Å². The molecule has 0 fully saturated rings. The summed E-state index contributed by atoms with van der Waals surface area (Å²) in [6.45, 7) is 4.97. The standard InChI is InChI=1S/C14H19BN2O3/c1-4-17(5-2)14(18)12-10-8-6-7-9-11(10)16(3)13(12)15(19)20/h6-9,19-20H,4-5H2,1-3H3. The molecule has 6 heteroatoms. The van der Waals surface area contributed by atoms with Gasteiger partial charge in [0.15, 0.2) is 0 Å². The summed E-state index contributed by atoms with van der Waals surface area (Å²) >= 11 is 0. The number of aryl methyl sites for hydroxylation is 1. The van der Waals surface area contributed by atoms with Crippen molar-refractivity contribution in [2.24, 2.45) is 7.05 Å². The lowest BCUT2D eigenvalue weighted by Crippen LogP contribution is -2.42. The fourth-order valence-electron chi connectivity index (χ4n) is 2.61. The Morgan fingerprint density at radius 3 is 2.40 bits per heavy atom. The van der Waals surface area contributed by atoms with Crippen molar-refractivity contribution in [2.45, 2.75) is 13.8 Å². The number of carbonyl (C=O) groups excluding carboxylic acids is 1. The van der Waals surface area contributed by atoms with E-state index in [0.29, 0.717) is 18.7 Å². The van der Waals surface area contributed by atoms with Crippen LogP contribution in [0.15, 0.2) is 24.3 Å². The predicted octanol–water partition coefficient (Wildman–Crippen LogP) is 0.340. The van der Waals surface area contributed by atoms with Crippen molar-refractivity contribution >= 4 is 29.5 Å². The molecule has 1 aromatic heterocycles. The number of rotatable bonds is 4. The number of hydrogen-bond acceptors (Lipinski definition) is 3. The molecule has 0 atom stereocenters. The first-order chi connectivity index (χ1) is 9.52. The van der Waals surface area contributed by atoms with Gasteiger partial charge in [-0.3, -0.25) is 4.79 Å². The summed E-state index contributed by atoms with van der Waals surface area (Å²) in [6.07, 6.45) is 0. The lowest BCUT2D eigenvalue weighted by atomic mass is 9.82. The molecule has 1 amide bonds. The molecular weight excluding hydrogens is 255 g/mol. The first kappa shape index (κ1) is 14.6. The number of para-hydroxylation sites is 1. The van der Waals surface area contributed by atoms with Crippen LogP contribution in [0.3, 0.4) is 0 Å². The molecule has 20 heavy (non-hydrogen) atoms. The Morgan fingerprint density at radius 1 is 1.25 bits per heavy atom. The second-order valence-corrected chi connectivity index (χ2v) is 4.69. The van der Waals surface area contributed by atoms with E-state index in [1.165, 1.54) is 0 Å². The minimum Gasteiger partial charge on any atom is -0.422 e. The van der Waals surface area contributed by atoms with Crippen molar-refractivity contribution in [2.75, 3.05) is 13.1 Å². The maximum Gasteiger partial charge on any atom is 0.506 e. The van der Waals surface area contributed by atoms with Crippen LogP contribution in [0.5, 0.6) is 0 Å². The normalized spacial score (nSPS) is 10.8. The fraction of sp³-hybridized carbons (Fsp3) is 0.357. The van der Waals surface area contributed by atoms with Crippen molar-refractivity contribution < 1.29 is 14.8 Å². The second kappa shape index (κ2) is 5.69. The van der Waals surface area contributed by atoms with Crippen molar-refractivity contribution in [3.8, 4) is 0 Å². The quantitative estimate of drug-likeness (QED) is 0.790. The minimum atomic E-state index is -1.68. The van der Waals surface area contributed by atoms with E-state index in [2.05, 4.69) is 0 Å². The zero-order chi connectivity index (χ0) is 14.9. The van der Waals surface area contributed by atoms with Crippen molar-refractivity contribution in [1.29, 1.82) is 0 Å². The fourth-order valence-corrected chi connectivity index (χ4v) is 2.61. The van der Waals surface area contributed by atoms with E-state index in [4.69, 9.17) is 0 Å². The smallest absolute Gasteiger partial charge is 0.422 e. The molecule has 5 nitrogen and oxygen atoms in total. The minimum absolute atomic E-state index is 0.171. The van der Waals surface area contributed by atoms with E-state index in [9.17, 15) is 14.8 Å². The molecule has 0 aliphatic carbocycles. The van der Waals surface area contributed by atoms with Crippen LogP contribution in [0, 0.1) is 0 Å². The molecule has 0 bridgehead atoms. The van der Waals surface area contributed by atoms with Gasteiger partial charge in [-0.05, 0) is 19.9 Å². The molecule has 1 aromatic carbocycles. The van der Waals surface area contributed by atoms with Gasteiger partial charge in [0.2, 0.25) is 0 Å². The van der Waals surface area contributed by atoms with Gasteiger partial charge in [-0.25, -0.2) is 0 Å². The van der Waals surface area contributed by atoms with Gasteiger partial charge in [0, 0.05) is 31.0 Å². The summed E-state index contributed by atoms with van der Waals surface area (Å²) in [5.74, 6) is -0.171. The summed E-state index contributed by atoms with van der Waals surface area (Å²) in [6, 6.07) is 7.40. The van der Waals surface area contributed by atoms with Gasteiger partial charge < -0.3 is 19.5 Å². The molecule has 0 spiro atoms. The van der Waals surface area contributed by atoms with E-state index < -0.39 is 7.12 Å². The zero-order valence-corrected chi connectivity index (χ0v) is 12.0. The highest BCUT2D eigenvalue weighted by Crippen LogP contribution is 2.20. The molecule has 106 valence electrons. The molecule has 0 saturated carbocycles. The van der Waals surface area contributed by atoms with Gasteiger partial charge in [0.1, 0.15) is 0 Å². The number of hydrogen-bond donors (Lipinski definition) is 2. The van der Waals surface area contributed by atoms with Gasteiger partial charge in [-0.1, -0.05) is 18.2 Å². The van der Waals surface area contributed by atoms with Crippen molar-refractivity contribution in [3.05, 3.63) is 29.8 Å². The second-order valence-electron chi connectivity index (χ2n) is 4.69. The molecule has 1 heterocycles. The summed E-state index contributed by atoms with van der Waals surface area (Å²) in [7, 11) is 0.0535. The molecule has 0 saturated heterocycles. The summed E-state index contributed by atoms with van der Waals surface area (Å²) < 4.78 is 1.66. The molecule has 2 aromatic rings. The Balaban J connectivity index is 2.73. The number of benzene rings is 1. The Hall–Kier alpha value is -1.79. The van der Waals surface area contributed by atoms with Crippen LogP contribution in [0.4, 0.5) is 0 Å². The molecule has 2 rings (SSSR count). The third-order valence-electron chi connectivity index (χ3n) is 3.66. The molecule has 0 aliphatic rings. The monoisotopic (exact) mass is 274 g/mol. The third-order valence-corrected chi connectivity index (χ3v) is 3.66. The highest BCUT2D eigenvalue weighted by atomic mass is 16.4. The number of aromatic nitrogens is 1. The molecule has 0 aliphatic heterocycles. The van der Waals surface area contributed by atoms with Crippen LogP contribution in [0.1, 0.15) is 24.2 Å². The Labute approximate surface area is 118 Å². The lowest BCUT2D eigenvalue weighted by Gasteiger charge is -2.19. The molecule has 0 unspecified atom stereocenters. The highest BCUT2D eigenvalue weighted by molar-refractivity contribution is 6.60.